The van der Waals surface area contributed by atoms with Crippen LogP contribution in [0, 0.1) is 24.1 Å². The number of hydrogen-bond donors (Lipinski definition) is 0. The number of rotatable bonds is 4. The lowest BCUT2D eigenvalue weighted by Gasteiger charge is -2.11. The Hall–Kier alpha value is -3.33. The van der Waals surface area contributed by atoms with Gasteiger partial charge in [0.2, 0.25) is 0 Å². The van der Waals surface area contributed by atoms with Crippen molar-refractivity contribution >= 4 is 11.4 Å². The van der Waals surface area contributed by atoms with Crippen LogP contribution >= 0.6 is 0 Å². The summed E-state index contributed by atoms with van der Waals surface area (Å²) < 4.78 is 15.6. The van der Waals surface area contributed by atoms with Crippen molar-refractivity contribution in [3.63, 3.8) is 0 Å². The number of halogens is 1. The van der Waals surface area contributed by atoms with E-state index in [4.69, 9.17) is 5.26 Å². The Labute approximate surface area is 149 Å². The summed E-state index contributed by atoms with van der Waals surface area (Å²) >= 11 is 0. The van der Waals surface area contributed by atoms with Crippen LogP contribution in [0.1, 0.15) is 46.2 Å². The van der Waals surface area contributed by atoms with Gasteiger partial charge < -0.3 is 0 Å². The average molecular weight is 349 g/mol. The molecule has 0 fully saturated rings. The largest absolute Gasteiger partial charge is 0.293 e. The third kappa shape index (κ3) is 3.00. The van der Waals surface area contributed by atoms with Gasteiger partial charge in [-0.1, -0.05) is 25.1 Å². The number of ketones is 1. The molecule has 0 saturated carbocycles. The van der Waals surface area contributed by atoms with Crippen molar-refractivity contribution in [3.8, 4) is 6.07 Å². The van der Waals surface area contributed by atoms with Crippen LogP contribution in [-0.2, 0) is 6.42 Å². The van der Waals surface area contributed by atoms with Crippen molar-refractivity contribution in [1.82, 2.24) is 9.38 Å². The molecule has 6 heteroatoms. The van der Waals surface area contributed by atoms with Crippen LogP contribution in [-0.4, -0.2) is 15.2 Å². The molecule has 3 rings (SSSR count). The molecule has 2 heterocycles. The second-order valence-electron chi connectivity index (χ2n) is 5.99. The van der Waals surface area contributed by atoms with Gasteiger partial charge in [0.1, 0.15) is 17.5 Å². The second kappa shape index (κ2) is 6.89. The second-order valence-corrected chi connectivity index (χ2v) is 5.99. The van der Waals surface area contributed by atoms with Gasteiger partial charge in [-0.25, -0.2) is 9.37 Å². The summed E-state index contributed by atoms with van der Waals surface area (Å²) in [6.45, 7) is 3.50. The van der Waals surface area contributed by atoms with Crippen LogP contribution in [0.4, 0.5) is 4.39 Å². The molecule has 0 aliphatic heterocycles. The Bertz CT molecular complexity index is 1130. The summed E-state index contributed by atoms with van der Waals surface area (Å²) in [5.41, 5.74) is 1.60. The standard InChI is InChI=1S/C20H16FN3O2/c1-3-16(25)20-12(2)7-8-17-23-15(10-18(26)24(17)20)9-13-5-4-6-14(11-22)19(13)21/h4-8,10H,3,9H2,1-2H3. The fraction of sp³-hybridized carbons (Fsp3) is 0.200. The number of carbonyl (C=O) groups is 1. The molecule has 2 aromatic heterocycles. The number of benzene rings is 1. The molecule has 26 heavy (non-hydrogen) atoms. The van der Waals surface area contributed by atoms with Crippen LogP contribution in [0.3, 0.4) is 0 Å². The topological polar surface area (TPSA) is 75.2 Å². The van der Waals surface area contributed by atoms with Gasteiger partial charge >= 0.3 is 0 Å². The average Bonchev–Trinajstić information content (AvgIpc) is 2.63. The number of aryl methyl sites for hydroxylation is 1. The molecule has 130 valence electrons. The van der Waals surface area contributed by atoms with Crippen molar-refractivity contribution in [3.05, 3.63) is 80.6 Å². The fourth-order valence-corrected chi connectivity index (χ4v) is 2.94. The zero-order valence-electron chi connectivity index (χ0n) is 14.4. The van der Waals surface area contributed by atoms with E-state index in [-0.39, 0.29) is 35.3 Å². The van der Waals surface area contributed by atoms with E-state index < -0.39 is 5.82 Å². The minimum absolute atomic E-state index is 0.0496. The van der Waals surface area contributed by atoms with E-state index in [0.29, 0.717) is 22.6 Å². The lowest BCUT2D eigenvalue weighted by atomic mass is 10.1. The van der Waals surface area contributed by atoms with Gasteiger partial charge in [0.15, 0.2) is 5.78 Å². The Morgan fingerprint density at radius 2 is 2.08 bits per heavy atom. The highest BCUT2D eigenvalue weighted by Crippen LogP contribution is 2.17. The normalized spacial score (nSPS) is 10.7. The van der Waals surface area contributed by atoms with Crippen LogP contribution < -0.4 is 5.56 Å². The van der Waals surface area contributed by atoms with Crippen molar-refractivity contribution in [2.45, 2.75) is 26.7 Å². The van der Waals surface area contributed by atoms with Crippen LogP contribution in [0.5, 0.6) is 0 Å². The number of nitrogens with zero attached hydrogens (tertiary/aromatic N) is 3. The summed E-state index contributed by atoms with van der Waals surface area (Å²) in [7, 11) is 0. The molecular formula is C20H16FN3O2. The van der Waals surface area contributed by atoms with E-state index in [1.165, 1.54) is 16.5 Å². The molecule has 0 saturated heterocycles. The zero-order chi connectivity index (χ0) is 18.8. The summed E-state index contributed by atoms with van der Waals surface area (Å²) in [5, 5.41) is 8.94. The van der Waals surface area contributed by atoms with E-state index in [9.17, 15) is 14.0 Å². The van der Waals surface area contributed by atoms with E-state index >= 15 is 0 Å². The molecule has 0 radical (unpaired) electrons. The number of aromatic nitrogens is 2. The number of nitriles is 1. The smallest absolute Gasteiger partial charge is 0.258 e. The number of pyridine rings is 1. The number of Topliss-reactive ketones (excluding diaryl/α,β-unsaturated/α-hetero) is 1. The van der Waals surface area contributed by atoms with Gasteiger partial charge in [-0.05, 0) is 30.2 Å². The molecule has 0 aliphatic rings. The molecule has 0 amide bonds. The van der Waals surface area contributed by atoms with Crippen molar-refractivity contribution < 1.29 is 9.18 Å². The van der Waals surface area contributed by atoms with Crippen molar-refractivity contribution in [1.29, 1.82) is 5.26 Å². The molecule has 0 N–H and O–H groups in total. The Morgan fingerprint density at radius 1 is 1.31 bits per heavy atom. The predicted molar refractivity (Wildman–Crippen MR) is 94.7 cm³/mol. The summed E-state index contributed by atoms with van der Waals surface area (Å²) in [4.78, 5) is 29.2. The quantitative estimate of drug-likeness (QED) is 0.678. The van der Waals surface area contributed by atoms with Crippen LogP contribution in [0.2, 0.25) is 0 Å². The Morgan fingerprint density at radius 3 is 2.77 bits per heavy atom. The van der Waals surface area contributed by atoms with Gasteiger partial charge in [0.25, 0.3) is 5.56 Å². The first-order valence-corrected chi connectivity index (χ1v) is 8.19. The van der Waals surface area contributed by atoms with E-state index in [1.807, 2.05) is 0 Å². The zero-order valence-corrected chi connectivity index (χ0v) is 14.4. The maximum absolute atomic E-state index is 14.3. The number of carbonyl (C=O) groups excluding carboxylic acids is 1. The number of hydrogen-bond acceptors (Lipinski definition) is 4. The van der Waals surface area contributed by atoms with E-state index in [1.54, 1.807) is 44.2 Å². The summed E-state index contributed by atoms with van der Waals surface area (Å²) in [6, 6.07) is 11.0. The van der Waals surface area contributed by atoms with Gasteiger partial charge in [0, 0.05) is 18.9 Å². The lowest BCUT2D eigenvalue weighted by molar-refractivity contribution is 0.0981. The molecule has 0 atom stereocenters. The first-order valence-electron chi connectivity index (χ1n) is 8.19. The molecule has 0 bridgehead atoms. The van der Waals surface area contributed by atoms with Gasteiger partial charge in [0.05, 0.1) is 17.0 Å². The molecule has 0 unspecified atom stereocenters. The molecule has 0 aliphatic carbocycles. The minimum Gasteiger partial charge on any atom is -0.293 e. The lowest BCUT2D eigenvalue weighted by Crippen LogP contribution is -2.22. The SMILES string of the molecule is CCC(=O)c1c(C)ccc2nc(Cc3cccc(C#N)c3F)cc(=O)n12. The molecule has 5 nitrogen and oxygen atoms in total. The molecule has 3 aromatic rings. The Kier molecular flexibility index (Phi) is 4.63. The molecule has 0 spiro atoms. The van der Waals surface area contributed by atoms with Crippen LogP contribution in [0.25, 0.3) is 5.65 Å². The minimum atomic E-state index is -0.609. The van der Waals surface area contributed by atoms with E-state index in [2.05, 4.69) is 4.98 Å². The predicted octanol–water partition coefficient (Wildman–Crippen LogP) is 3.20. The maximum Gasteiger partial charge on any atom is 0.258 e. The Balaban J connectivity index is 2.14. The highest BCUT2D eigenvalue weighted by Gasteiger charge is 2.15. The fourth-order valence-electron chi connectivity index (χ4n) is 2.94. The molecular weight excluding hydrogens is 333 g/mol. The molecule has 1 aromatic carbocycles. The summed E-state index contributed by atoms with van der Waals surface area (Å²) in [6.07, 6.45) is 0.359. The van der Waals surface area contributed by atoms with Crippen molar-refractivity contribution in [2.24, 2.45) is 0 Å². The van der Waals surface area contributed by atoms with Gasteiger partial charge in [-0.3, -0.25) is 14.0 Å². The van der Waals surface area contributed by atoms with Crippen molar-refractivity contribution in [2.75, 3.05) is 0 Å². The number of fused-ring (bicyclic) bond motifs is 1. The third-order valence-corrected chi connectivity index (χ3v) is 4.23. The first-order chi connectivity index (χ1) is 12.5. The highest BCUT2D eigenvalue weighted by molar-refractivity contribution is 5.96. The van der Waals surface area contributed by atoms with Gasteiger partial charge in [-0.15, -0.1) is 0 Å². The van der Waals surface area contributed by atoms with Gasteiger partial charge in [-0.2, -0.15) is 5.26 Å². The monoisotopic (exact) mass is 349 g/mol. The van der Waals surface area contributed by atoms with E-state index in [0.717, 1.165) is 0 Å². The first kappa shape index (κ1) is 17.5. The third-order valence-electron chi connectivity index (χ3n) is 4.23. The van der Waals surface area contributed by atoms with Crippen LogP contribution in [0.15, 0.2) is 41.2 Å². The summed E-state index contributed by atoms with van der Waals surface area (Å²) in [5.74, 6) is -0.750. The highest BCUT2D eigenvalue weighted by atomic mass is 19.1. The maximum atomic E-state index is 14.3.